The lowest BCUT2D eigenvalue weighted by Gasteiger charge is -2.25. The molecular formula is C19H16BrFN6. The number of fused-ring (bicyclic) bond motifs is 1. The van der Waals surface area contributed by atoms with Gasteiger partial charge in [-0.1, -0.05) is 28.1 Å². The van der Waals surface area contributed by atoms with Crippen molar-refractivity contribution in [1.82, 2.24) is 24.6 Å². The lowest BCUT2D eigenvalue weighted by atomic mass is 10.2. The highest BCUT2D eigenvalue weighted by atomic mass is 79.9. The summed E-state index contributed by atoms with van der Waals surface area (Å²) in [5.74, 6) is 1.02. The van der Waals surface area contributed by atoms with Crippen LogP contribution in [0, 0.1) is 12.7 Å². The Morgan fingerprint density at radius 1 is 1.11 bits per heavy atom. The maximum Gasteiger partial charge on any atom is 0.254 e. The molecule has 0 saturated heterocycles. The van der Waals surface area contributed by atoms with Crippen molar-refractivity contribution in [2.45, 2.75) is 20.0 Å². The molecule has 0 aliphatic heterocycles. The second kappa shape index (κ2) is 7.40. The van der Waals surface area contributed by atoms with Crippen molar-refractivity contribution < 1.29 is 4.39 Å². The van der Waals surface area contributed by atoms with Gasteiger partial charge in [-0.05, 0) is 31.2 Å². The van der Waals surface area contributed by atoms with E-state index in [1.165, 1.54) is 12.4 Å². The molecule has 3 heterocycles. The monoisotopic (exact) mass is 426 g/mol. The molecule has 4 aromatic rings. The first-order valence-electron chi connectivity index (χ1n) is 8.36. The van der Waals surface area contributed by atoms with Gasteiger partial charge in [-0.3, -0.25) is 4.98 Å². The summed E-state index contributed by atoms with van der Waals surface area (Å²) in [7, 11) is 0. The normalized spacial score (nSPS) is 11.1. The largest absolute Gasteiger partial charge is 0.346 e. The molecule has 8 heteroatoms. The Morgan fingerprint density at radius 2 is 2.00 bits per heavy atom. The van der Waals surface area contributed by atoms with Gasteiger partial charge in [0, 0.05) is 34.5 Å². The fourth-order valence-corrected chi connectivity index (χ4v) is 3.23. The molecule has 0 atom stereocenters. The third-order valence-corrected chi connectivity index (χ3v) is 4.63. The average Bonchev–Trinajstić information content (AvgIpc) is 3.12. The van der Waals surface area contributed by atoms with E-state index in [0.717, 1.165) is 17.2 Å². The van der Waals surface area contributed by atoms with Gasteiger partial charge in [-0.2, -0.15) is 14.6 Å². The molecule has 4 rings (SSSR count). The topological polar surface area (TPSA) is 59.2 Å². The van der Waals surface area contributed by atoms with E-state index in [2.05, 4.69) is 36.0 Å². The van der Waals surface area contributed by atoms with E-state index in [0.29, 0.717) is 28.9 Å². The summed E-state index contributed by atoms with van der Waals surface area (Å²) in [6.07, 6.45) is 3.21. The van der Waals surface area contributed by atoms with Crippen molar-refractivity contribution in [2.75, 3.05) is 4.90 Å². The van der Waals surface area contributed by atoms with Gasteiger partial charge in [0.1, 0.15) is 18.0 Å². The second-order valence-electron chi connectivity index (χ2n) is 6.14. The molecule has 0 fully saturated rings. The Hall–Kier alpha value is -2.87. The minimum atomic E-state index is -0.268. The fourth-order valence-electron chi connectivity index (χ4n) is 2.90. The number of pyridine rings is 1. The highest BCUT2D eigenvalue weighted by molar-refractivity contribution is 9.10. The minimum Gasteiger partial charge on any atom is -0.346 e. The number of halogens is 2. The Balaban J connectivity index is 1.78. The van der Waals surface area contributed by atoms with Crippen LogP contribution in [0.25, 0.3) is 5.78 Å². The third kappa shape index (κ3) is 3.80. The molecule has 27 heavy (non-hydrogen) atoms. The molecule has 0 bridgehead atoms. The van der Waals surface area contributed by atoms with Crippen molar-refractivity contribution in [2.24, 2.45) is 0 Å². The van der Waals surface area contributed by atoms with Gasteiger partial charge in [0.15, 0.2) is 0 Å². The molecule has 136 valence electrons. The average molecular weight is 427 g/mol. The zero-order valence-corrected chi connectivity index (χ0v) is 16.1. The smallest absolute Gasteiger partial charge is 0.254 e. The number of hydrogen-bond donors (Lipinski definition) is 0. The van der Waals surface area contributed by atoms with Crippen molar-refractivity contribution in [3.63, 3.8) is 0 Å². The fraction of sp³-hybridized carbons (Fsp3) is 0.158. The van der Waals surface area contributed by atoms with Crippen LogP contribution in [0.4, 0.5) is 10.2 Å². The molecule has 0 unspecified atom stereocenters. The van der Waals surface area contributed by atoms with Crippen LogP contribution in [0.3, 0.4) is 0 Å². The molecule has 0 aliphatic carbocycles. The number of nitrogens with zero attached hydrogens (tertiary/aromatic N) is 6. The van der Waals surface area contributed by atoms with Crippen LogP contribution in [0.2, 0.25) is 0 Å². The number of benzene rings is 1. The van der Waals surface area contributed by atoms with E-state index in [9.17, 15) is 4.39 Å². The first-order chi connectivity index (χ1) is 13.1. The predicted molar refractivity (Wildman–Crippen MR) is 104 cm³/mol. The molecule has 0 spiro atoms. The van der Waals surface area contributed by atoms with Gasteiger partial charge in [0.2, 0.25) is 0 Å². The van der Waals surface area contributed by atoms with Crippen LogP contribution in [-0.2, 0) is 13.1 Å². The van der Waals surface area contributed by atoms with Crippen LogP contribution < -0.4 is 4.90 Å². The van der Waals surface area contributed by atoms with E-state index in [-0.39, 0.29) is 5.82 Å². The molecule has 1 aromatic carbocycles. The molecule has 3 aromatic heterocycles. The highest BCUT2D eigenvalue weighted by Crippen LogP contribution is 2.23. The van der Waals surface area contributed by atoms with Crippen molar-refractivity contribution in [3.8, 4) is 0 Å². The molecule has 0 N–H and O–H groups in total. The standard InChI is InChI=1S/C19H16BrFN6/c1-13-8-18(27-19(25-13)23-12-24-27)26(11-16-4-2-3-7-22-16)10-14-5-6-15(20)9-17(14)21/h2-9,12H,10-11H2,1H3. The minimum absolute atomic E-state index is 0.268. The molecule has 0 aliphatic rings. The van der Waals surface area contributed by atoms with Gasteiger partial charge in [0.05, 0.1) is 12.2 Å². The van der Waals surface area contributed by atoms with Crippen molar-refractivity contribution in [3.05, 3.63) is 82.2 Å². The lowest BCUT2D eigenvalue weighted by molar-refractivity contribution is 0.600. The van der Waals surface area contributed by atoms with Gasteiger partial charge in [-0.15, -0.1) is 0 Å². The quantitative estimate of drug-likeness (QED) is 0.483. The van der Waals surface area contributed by atoms with Gasteiger partial charge < -0.3 is 4.90 Å². The Morgan fingerprint density at radius 3 is 2.78 bits per heavy atom. The summed E-state index contributed by atoms with van der Waals surface area (Å²) in [5, 5.41) is 4.28. The number of hydrogen-bond acceptors (Lipinski definition) is 5. The Bertz CT molecular complexity index is 1080. The third-order valence-electron chi connectivity index (χ3n) is 4.14. The highest BCUT2D eigenvalue weighted by Gasteiger charge is 2.17. The molecule has 0 amide bonds. The van der Waals surface area contributed by atoms with E-state index in [1.807, 2.05) is 42.2 Å². The number of aromatic nitrogens is 5. The number of rotatable bonds is 5. The Labute approximate surface area is 163 Å². The number of anilines is 1. The van der Waals surface area contributed by atoms with E-state index in [4.69, 9.17) is 0 Å². The van der Waals surface area contributed by atoms with Crippen LogP contribution in [0.1, 0.15) is 17.0 Å². The summed E-state index contributed by atoms with van der Waals surface area (Å²) in [4.78, 5) is 15.0. The van der Waals surface area contributed by atoms with Crippen LogP contribution >= 0.6 is 15.9 Å². The second-order valence-corrected chi connectivity index (χ2v) is 7.06. The summed E-state index contributed by atoms with van der Waals surface area (Å²) in [5.41, 5.74) is 2.27. The summed E-state index contributed by atoms with van der Waals surface area (Å²) < 4.78 is 16.8. The predicted octanol–water partition coefficient (Wildman–Crippen LogP) is 3.94. The van der Waals surface area contributed by atoms with Gasteiger partial charge in [-0.25, -0.2) is 9.37 Å². The lowest BCUT2D eigenvalue weighted by Crippen LogP contribution is -2.26. The zero-order valence-electron chi connectivity index (χ0n) is 14.5. The van der Waals surface area contributed by atoms with Crippen LogP contribution in [0.5, 0.6) is 0 Å². The molecule has 0 radical (unpaired) electrons. The molecular weight excluding hydrogens is 411 g/mol. The Kier molecular flexibility index (Phi) is 4.81. The maximum atomic E-state index is 14.5. The maximum absolute atomic E-state index is 14.5. The summed E-state index contributed by atoms with van der Waals surface area (Å²) >= 11 is 3.30. The van der Waals surface area contributed by atoms with Crippen molar-refractivity contribution >= 4 is 27.5 Å². The van der Waals surface area contributed by atoms with Gasteiger partial charge in [0.25, 0.3) is 5.78 Å². The number of aryl methyl sites for hydroxylation is 1. The SMILES string of the molecule is Cc1cc(N(Cc2ccccn2)Cc2ccc(Br)cc2F)n2ncnc2n1. The first-order valence-corrected chi connectivity index (χ1v) is 9.15. The van der Waals surface area contributed by atoms with Gasteiger partial charge >= 0.3 is 0 Å². The molecule has 0 saturated carbocycles. The van der Waals surface area contributed by atoms with E-state index in [1.54, 1.807) is 16.8 Å². The first kappa shape index (κ1) is 17.5. The van der Waals surface area contributed by atoms with Crippen LogP contribution in [-0.4, -0.2) is 24.6 Å². The molecule has 6 nitrogen and oxygen atoms in total. The van der Waals surface area contributed by atoms with E-state index < -0.39 is 0 Å². The van der Waals surface area contributed by atoms with Crippen molar-refractivity contribution in [1.29, 1.82) is 0 Å². The summed E-state index contributed by atoms with van der Waals surface area (Å²) in [6.45, 7) is 2.75. The summed E-state index contributed by atoms with van der Waals surface area (Å²) in [6, 6.07) is 12.7. The zero-order chi connectivity index (χ0) is 18.8. The van der Waals surface area contributed by atoms with Crippen LogP contribution in [0.15, 0.2) is 59.5 Å². The van der Waals surface area contributed by atoms with E-state index >= 15 is 0 Å².